The zero-order valence-electron chi connectivity index (χ0n) is 24.5. The van der Waals surface area contributed by atoms with Crippen LogP contribution in [-0.2, 0) is 0 Å². The number of rotatable bonds is 6. The van der Waals surface area contributed by atoms with Crippen LogP contribution in [0.5, 0.6) is 0 Å². The summed E-state index contributed by atoms with van der Waals surface area (Å²) in [5, 5.41) is 8.13. The molecule has 45 heavy (non-hydrogen) atoms. The van der Waals surface area contributed by atoms with Gasteiger partial charge in [-0.15, -0.1) is 0 Å². The van der Waals surface area contributed by atoms with Gasteiger partial charge in [0.05, 0.1) is 16.4 Å². The van der Waals surface area contributed by atoms with Gasteiger partial charge in [0.25, 0.3) is 0 Å². The summed E-state index contributed by atoms with van der Waals surface area (Å²) in [6, 6.07) is 61.7. The largest absolute Gasteiger partial charge is 0.309 e. The van der Waals surface area contributed by atoms with Crippen molar-refractivity contribution >= 4 is 78.0 Å². The molecule has 0 saturated carbocycles. The average molecular weight is 597 g/mol. The minimum atomic E-state index is 0.664. The minimum absolute atomic E-state index is 0.664. The Balaban J connectivity index is 1.37. The molecule has 8 aromatic rings. The van der Waals surface area contributed by atoms with E-state index in [0.29, 0.717) is 5.02 Å². The molecule has 0 aliphatic heterocycles. The monoisotopic (exact) mass is 596 g/mol. The van der Waals surface area contributed by atoms with E-state index in [1.54, 1.807) is 0 Å². The first kappa shape index (κ1) is 27.0. The summed E-state index contributed by atoms with van der Waals surface area (Å²) in [6.07, 6.45) is 0. The Morgan fingerprint density at radius 3 is 1.09 bits per heavy atom. The van der Waals surface area contributed by atoms with E-state index in [1.807, 2.05) is 18.2 Å². The third-order valence-electron chi connectivity index (χ3n) is 8.47. The molecule has 3 heteroatoms. The predicted octanol–water partition coefficient (Wildman–Crippen LogP) is 12.7. The molecule has 0 atom stereocenters. The Bertz CT molecular complexity index is 2210. The Kier molecular flexibility index (Phi) is 6.90. The zero-order valence-corrected chi connectivity index (χ0v) is 25.3. The first-order valence-corrected chi connectivity index (χ1v) is 15.5. The predicted molar refractivity (Wildman–Crippen MR) is 193 cm³/mol. The van der Waals surface area contributed by atoms with Crippen LogP contribution in [0, 0.1) is 0 Å². The van der Waals surface area contributed by atoms with Gasteiger partial charge < -0.3 is 9.80 Å². The first-order chi connectivity index (χ1) is 22.3. The van der Waals surface area contributed by atoms with Gasteiger partial charge in [-0.1, -0.05) is 127 Å². The molecule has 0 heterocycles. The SMILES string of the molecule is Clc1c(N(c2ccccc2)c2ccccc2)cccc1N(c1ccccc1)c1ccc2c3ccccc3c3ccccc3c2c1. The summed E-state index contributed by atoms with van der Waals surface area (Å²) < 4.78 is 0. The number of nitrogens with zero attached hydrogens (tertiary/aromatic N) is 2. The maximum absolute atomic E-state index is 7.51. The van der Waals surface area contributed by atoms with Crippen molar-refractivity contribution in [3.05, 3.63) is 181 Å². The standard InChI is InChI=1S/C42H29ClN2/c43-42-40(44(30-15-4-1-5-16-30)31-17-6-2-7-18-31)25-14-26-41(42)45(32-19-8-3-9-20-32)33-27-28-38-36-23-11-10-21-34(36)35-22-12-13-24-37(35)39(38)29-33/h1-29H. The molecule has 8 aromatic carbocycles. The molecule has 0 saturated heterocycles. The van der Waals surface area contributed by atoms with Crippen LogP contribution < -0.4 is 9.80 Å². The lowest BCUT2D eigenvalue weighted by Gasteiger charge is -2.31. The van der Waals surface area contributed by atoms with Crippen LogP contribution in [0.2, 0.25) is 5.02 Å². The Hall–Kier alpha value is -5.57. The number of hydrogen-bond donors (Lipinski definition) is 0. The second-order valence-electron chi connectivity index (χ2n) is 11.1. The number of benzene rings is 8. The summed E-state index contributed by atoms with van der Waals surface area (Å²) in [7, 11) is 0. The van der Waals surface area contributed by atoms with Gasteiger partial charge >= 0.3 is 0 Å². The second kappa shape index (κ2) is 11.5. The third-order valence-corrected chi connectivity index (χ3v) is 8.86. The van der Waals surface area contributed by atoms with Crippen molar-refractivity contribution in [2.45, 2.75) is 0 Å². The molecule has 0 fully saturated rings. The van der Waals surface area contributed by atoms with E-state index < -0.39 is 0 Å². The molecule has 0 spiro atoms. The molecule has 8 rings (SSSR count). The van der Waals surface area contributed by atoms with Crippen LogP contribution in [-0.4, -0.2) is 0 Å². The van der Waals surface area contributed by atoms with Crippen LogP contribution in [0.1, 0.15) is 0 Å². The fraction of sp³-hybridized carbons (Fsp3) is 0. The van der Waals surface area contributed by atoms with Gasteiger partial charge in [-0.25, -0.2) is 0 Å². The van der Waals surface area contributed by atoms with E-state index in [2.05, 4.69) is 168 Å². The summed E-state index contributed by atoms with van der Waals surface area (Å²) in [6.45, 7) is 0. The Morgan fingerprint density at radius 2 is 0.644 bits per heavy atom. The molecule has 0 amide bonds. The molecule has 0 aliphatic rings. The van der Waals surface area contributed by atoms with Gasteiger partial charge in [-0.2, -0.15) is 0 Å². The molecule has 0 unspecified atom stereocenters. The van der Waals surface area contributed by atoms with Crippen LogP contribution in [0.3, 0.4) is 0 Å². The van der Waals surface area contributed by atoms with Gasteiger partial charge in [-0.3, -0.25) is 0 Å². The molecule has 214 valence electrons. The summed E-state index contributed by atoms with van der Waals surface area (Å²) >= 11 is 7.51. The fourth-order valence-corrected chi connectivity index (χ4v) is 6.77. The second-order valence-corrected chi connectivity index (χ2v) is 11.5. The van der Waals surface area contributed by atoms with Crippen molar-refractivity contribution in [3.8, 4) is 0 Å². The van der Waals surface area contributed by atoms with Gasteiger partial charge in [0.2, 0.25) is 0 Å². The van der Waals surface area contributed by atoms with E-state index in [0.717, 1.165) is 34.1 Å². The quantitative estimate of drug-likeness (QED) is 0.176. The van der Waals surface area contributed by atoms with E-state index in [-0.39, 0.29) is 0 Å². The lowest BCUT2D eigenvalue weighted by atomic mass is 9.94. The lowest BCUT2D eigenvalue weighted by molar-refractivity contribution is 1.25. The highest BCUT2D eigenvalue weighted by molar-refractivity contribution is 6.36. The van der Waals surface area contributed by atoms with Crippen LogP contribution >= 0.6 is 11.6 Å². The average Bonchev–Trinajstić information content (AvgIpc) is 3.11. The van der Waals surface area contributed by atoms with Crippen molar-refractivity contribution in [2.24, 2.45) is 0 Å². The zero-order chi connectivity index (χ0) is 30.2. The maximum atomic E-state index is 7.51. The fourth-order valence-electron chi connectivity index (χ4n) is 6.47. The number of hydrogen-bond acceptors (Lipinski definition) is 2. The maximum Gasteiger partial charge on any atom is 0.0887 e. The minimum Gasteiger partial charge on any atom is -0.309 e. The van der Waals surface area contributed by atoms with E-state index in [4.69, 9.17) is 11.6 Å². The van der Waals surface area contributed by atoms with Crippen molar-refractivity contribution in [1.29, 1.82) is 0 Å². The third kappa shape index (κ3) is 4.77. The molecule has 0 aliphatic carbocycles. The van der Waals surface area contributed by atoms with Gasteiger partial charge in [-0.05, 0) is 93.0 Å². The Labute approximate surface area is 268 Å². The highest BCUT2D eigenvalue weighted by atomic mass is 35.5. The van der Waals surface area contributed by atoms with Gasteiger partial charge in [0.1, 0.15) is 0 Å². The molecule has 2 nitrogen and oxygen atoms in total. The summed E-state index contributed by atoms with van der Waals surface area (Å²) in [4.78, 5) is 4.48. The Morgan fingerprint density at radius 1 is 0.289 bits per heavy atom. The normalized spacial score (nSPS) is 11.2. The highest BCUT2D eigenvalue weighted by Gasteiger charge is 2.22. The van der Waals surface area contributed by atoms with E-state index in [9.17, 15) is 0 Å². The van der Waals surface area contributed by atoms with Crippen molar-refractivity contribution in [1.82, 2.24) is 0 Å². The number of halogens is 1. The van der Waals surface area contributed by atoms with Crippen LogP contribution in [0.4, 0.5) is 34.1 Å². The molecule has 0 aromatic heterocycles. The first-order valence-electron chi connectivity index (χ1n) is 15.1. The molecule has 0 radical (unpaired) electrons. The van der Waals surface area contributed by atoms with E-state index >= 15 is 0 Å². The van der Waals surface area contributed by atoms with Crippen LogP contribution in [0.15, 0.2) is 176 Å². The topological polar surface area (TPSA) is 6.48 Å². The molecular weight excluding hydrogens is 568 g/mol. The smallest absolute Gasteiger partial charge is 0.0887 e. The van der Waals surface area contributed by atoms with E-state index in [1.165, 1.54) is 32.3 Å². The van der Waals surface area contributed by atoms with Gasteiger partial charge in [0, 0.05) is 22.7 Å². The number of para-hydroxylation sites is 3. The number of anilines is 6. The molecule has 0 bridgehead atoms. The molecular formula is C42H29ClN2. The highest BCUT2D eigenvalue weighted by Crippen LogP contribution is 2.47. The summed E-state index contributed by atoms with van der Waals surface area (Å²) in [5.74, 6) is 0. The van der Waals surface area contributed by atoms with Crippen molar-refractivity contribution < 1.29 is 0 Å². The van der Waals surface area contributed by atoms with Crippen molar-refractivity contribution in [3.63, 3.8) is 0 Å². The van der Waals surface area contributed by atoms with Crippen LogP contribution in [0.25, 0.3) is 32.3 Å². The number of fused-ring (bicyclic) bond motifs is 6. The lowest BCUT2D eigenvalue weighted by Crippen LogP contribution is -2.14. The van der Waals surface area contributed by atoms with Gasteiger partial charge in [0.15, 0.2) is 0 Å². The van der Waals surface area contributed by atoms with Crippen molar-refractivity contribution in [2.75, 3.05) is 9.80 Å². The molecule has 0 N–H and O–H groups in total. The summed E-state index contributed by atoms with van der Waals surface area (Å²) in [5.41, 5.74) is 5.97.